The summed E-state index contributed by atoms with van der Waals surface area (Å²) in [6.07, 6.45) is 1.36. The predicted molar refractivity (Wildman–Crippen MR) is 72.8 cm³/mol. The van der Waals surface area contributed by atoms with Gasteiger partial charge < -0.3 is 9.30 Å². The number of aromatic nitrogens is 1. The van der Waals surface area contributed by atoms with Crippen LogP contribution in [0.25, 0.3) is 10.9 Å². The van der Waals surface area contributed by atoms with E-state index in [1.54, 1.807) is 14.0 Å². The minimum atomic E-state index is -0.676. The smallest absolute Gasteiger partial charge is 0.343 e. The van der Waals surface area contributed by atoms with Crippen LogP contribution >= 0.6 is 15.9 Å². The summed E-state index contributed by atoms with van der Waals surface area (Å²) in [5, 5.41) is 0.265. The van der Waals surface area contributed by atoms with E-state index in [-0.39, 0.29) is 22.0 Å². The van der Waals surface area contributed by atoms with Crippen LogP contribution in [0.15, 0.2) is 27.6 Å². The van der Waals surface area contributed by atoms with Gasteiger partial charge in [0.1, 0.15) is 11.4 Å². The normalized spacial score (nSPS) is 10.7. The summed E-state index contributed by atoms with van der Waals surface area (Å²) in [4.78, 5) is 23.9. The largest absolute Gasteiger partial charge is 0.462 e. The summed E-state index contributed by atoms with van der Waals surface area (Å²) in [6.45, 7) is 1.85. The van der Waals surface area contributed by atoms with Gasteiger partial charge in [0.25, 0.3) is 0 Å². The molecule has 0 aliphatic rings. The molecule has 0 bridgehead atoms. The highest BCUT2D eigenvalue weighted by Gasteiger charge is 2.16. The number of pyridine rings is 1. The van der Waals surface area contributed by atoms with Gasteiger partial charge in [-0.05, 0) is 35.0 Å². The van der Waals surface area contributed by atoms with Crippen molar-refractivity contribution in [3.05, 3.63) is 44.4 Å². The second-order valence-electron chi connectivity index (χ2n) is 3.99. The van der Waals surface area contributed by atoms with Gasteiger partial charge >= 0.3 is 5.97 Å². The molecule has 0 N–H and O–H groups in total. The van der Waals surface area contributed by atoms with Crippen molar-refractivity contribution in [2.45, 2.75) is 6.92 Å². The van der Waals surface area contributed by atoms with Crippen LogP contribution in [0.4, 0.5) is 4.39 Å². The molecule has 1 aromatic carbocycles. The molecule has 0 unspecified atom stereocenters. The Labute approximate surface area is 116 Å². The van der Waals surface area contributed by atoms with Crippen LogP contribution < -0.4 is 5.43 Å². The zero-order chi connectivity index (χ0) is 14.2. The average molecular weight is 328 g/mol. The van der Waals surface area contributed by atoms with Crippen LogP contribution in [0.2, 0.25) is 0 Å². The van der Waals surface area contributed by atoms with Crippen LogP contribution in [0, 0.1) is 5.82 Å². The average Bonchev–Trinajstić information content (AvgIpc) is 2.36. The molecular formula is C13H11BrFNO3. The van der Waals surface area contributed by atoms with Crippen molar-refractivity contribution in [2.75, 3.05) is 6.61 Å². The maximum atomic E-state index is 13.5. The number of esters is 1. The first-order valence-electron chi connectivity index (χ1n) is 5.61. The lowest BCUT2D eigenvalue weighted by molar-refractivity contribution is 0.0524. The van der Waals surface area contributed by atoms with Crippen LogP contribution in [0.1, 0.15) is 17.3 Å². The van der Waals surface area contributed by atoms with Crippen molar-refractivity contribution in [3.8, 4) is 0 Å². The van der Waals surface area contributed by atoms with E-state index >= 15 is 0 Å². The molecule has 2 rings (SSSR count). The maximum Gasteiger partial charge on any atom is 0.343 e. The Morgan fingerprint density at radius 1 is 1.47 bits per heavy atom. The summed E-state index contributed by atoms with van der Waals surface area (Å²) in [7, 11) is 1.64. The van der Waals surface area contributed by atoms with Crippen molar-refractivity contribution >= 4 is 32.8 Å². The molecule has 1 heterocycles. The third kappa shape index (κ3) is 2.40. The molecule has 0 aliphatic heterocycles. The monoisotopic (exact) mass is 327 g/mol. The van der Waals surface area contributed by atoms with Crippen molar-refractivity contribution in [1.29, 1.82) is 0 Å². The third-order valence-corrected chi connectivity index (χ3v) is 3.33. The Morgan fingerprint density at radius 3 is 2.79 bits per heavy atom. The van der Waals surface area contributed by atoms with Gasteiger partial charge in [-0.3, -0.25) is 4.79 Å². The fourth-order valence-corrected chi connectivity index (χ4v) is 2.17. The van der Waals surface area contributed by atoms with E-state index in [9.17, 15) is 14.0 Å². The Balaban J connectivity index is 2.78. The second kappa shape index (κ2) is 5.13. The van der Waals surface area contributed by atoms with E-state index in [1.165, 1.54) is 22.9 Å². The van der Waals surface area contributed by atoms with E-state index < -0.39 is 17.2 Å². The zero-order valence-electron chi connectivity index (χ0n) is 10.4. The lowest BCUT2D eigenvalue weighted by atomic mass is 10.1. The Morgan fingerprint density at radius 2 is 2.16 bits per heavy atom. The zero-order valence-corrected chi connectivity index (χ0v) is 12.0. The van der Waals surface area contributed by atoms with Gasteiger partial charge in [0.05, 0.1) is 16.6 Å². The maximum absolute atomic E-state index is 13.5. The number of rotatable bonds is 2. The number of nitrogens with zero attached hydrogens (tertiary/aromatic N) is 1. The van der Waals surface area contributed by atoms with Gasteiger partial charge in [0, 0.05) is 18.6 Å². The molecule has 0 saturated heterocycles. The Bertz CT molecular complexity index is 724. The molecular weight excluding hydrogens is 317 g/mol. The topological polar surface area (TPSA) is 48.3 Å². The first-order chi connectivity index (χ1) is 8.95. The highest BCUT2D eigenvalue weighted by atomic mass is 79.9. The molecule has 0 amide bonds. The minimum absolute atomic E-state index is 0.0599. The van der Waals surface area contributed by atoms with Gasteiger partial charge in [-0.25, -0.2) is 9.18 Å². The number of carbonyl (C=O) groups excluding carboxylic acids is 1. The summed E-state index contributed by atoms with van der Waals surface area (Å²) in [5.41, 5.74) is -0.110. The summed E-state index contributed by atoms with van der Waals surface area (Å²) in [5.74, 6) is -1.14. The first-order valence-corrected chi connectivity index (χ1v) is 6.40. The number of halogens is 2. The lowest BCUT2D eigenvalue weighted by Gasteiger charge is -2.09. The van der Waals surface area contributed by atoms with E-state index in [0.29, 0.717) is 5.52 Å². The summed E-state index contributed by atoms with van der Waals surface area (Å²) in [6, 6.07) is 2.62. The number of hydrogen-bond donors (Lipinski definition) is 0. The van der Waals surface area contributed by atoms with E-state index in [0.717, 1.165) is 0 Å². The van der Waals surface area contributed by atoms with Crippen LogP contribution in [0.5, 0.6) is 0 Å². The summed E-state index contributed by atoms with van der Waals surface area (Å²) < 4.78 is 20.0. The molecule has 0 spiro atoms. The number of benzene rings is 1. The highest BCUT2D eigenvalue weighted by molar-refractivity contribution is 9.10. The predicted octanol–water partition coefficient (Wildman–Crippen LogP) is 2.62. The van der Waals surface area contributed by atoms with Crippen LogP contribution in [-0.2, 0) is 11.8 Å². The van der Waals surface area contributed by atoms with Crippen LogP contribution in [-0.4, -0.2) is 17.1 Å². The number of fused-ring (bicyclic) bond motifs is 1. The quantitative estimate of drug-likeness (QED) is 0.796. The highest BCUT2D eigenvalue weighted by Crippen LogP contribution is 2.21. The van der Waals surface area contributed by atoms with E-state index in [2.05, 4.69) is 15.9 Å². The lowest BCUT2D eigenvalue weighted by Crippen LogP contribution is -2.20. The number of carbonyl (C=O) groups is 1. The van der Waals surface area contributed by atoms with Crippen molar-refractivity contribution in [3.63, 3.8) is 0 Å². The third-order valence-electron chi connectivity index (χ3n) is 2.73. The van der Waals surface area contributed by atoms with Crippen molar-refractivity contribution < 1.29 is 13.9 Å². The van der Waals surface area contributed by atoms with Gasteiger partial charge in [-0.2, -0.15) is 0 Å². The molecule has 0 aliphatic carbocycles. The fourth-order valence-electron chi connectivity index (χ4n) is 1.83. The molecule has 4 nitrogen and oxygen atoms in total. The Kier molecular flexibility index (Phi) is 3.71. The van der Waals surface area contributed by atoms with E-state index in [4.69, 9.17) is 4.74 Å². The first kappa shape index (κ1) is 13.7. The SMILES string of the molecule is CCOC(=O)c1cn(C)c2cc(F)c(Br)cc2c1=O. The molecule has 19 heavy (non-hydrogen) atoms. The molecule has 2 aromatic rings. The van der Waals surface area contributed by atoms with E-state index in [1.807, 2.05) is 0 Å². The minimum Gasteiger partial charge on any atom is -0.462 e. The van der Waals surface area contributed by atoms with Crippen LogP contribution in [0.3, 0.4) is 0 Å². The molecule has 1 aromatic heterocycles. The number of aryl methyl sites for hydroxylation is 1. The molecule has 0 radical (unpaired) electrons. The van der Waals surface area contributed by atoms with Crippen molar-refractivity contribution in [1.82, 2.24) is 4.57 Å². The molecule has 0 fully saturated rings. The van der Waals surface area contributed by atoms with Gasteiger partial charge in [-0.15, -0.1) is 0 Å². The standard InChI is InChI=1S/C13H11BrFNO3/c1-3-19-13(18)8-6-16(2)11-5-10(15)9(14)4-7(11)12(8)17/h4-6H,3H2,1-2H3. The molecule has 0 atom stereocenters. The fraction of sp³-hybridized carbons (Fsp3) is 0.231. The Hall–Kier alpha value is -1.69. The molecule has 6 heteroatoms. The number of ether oxygens (including phenoxy) is 1. The molecule has 0 saturated carbocycles. The number of hydrogen-bond acceptors (Lipinski definition) is 3. The van der Waals surface area contributed by atoms with Gasteiger partial charge in [0.2, 0.25) is 5.43 Å². The van der Waals surface area contributed by atoms with Gasteiger partial charge in [0.15, 0.2) is 0 Å². The van der Waals surface area contributed by atoms with Crippen molar-refractivity contribution in [2.24, 2.45) is 7.05 Å². The molecule has 100 valence electrons. The van der Waals surface area contributed by atoms with Gasteiger partial charge in [-0.1, -0.05) is 0 Å². The second-order valence-corrected chi connectivity index (χ2v) is 4.84. The summed E-state index contributed by atoms with van der Waals surface area (Å²) >= 11 is 3.03.